The van der Waals surface area contributed by atoms with Crippen LogP contribution in [-0.4, -0.2) is 58.3 Å². The van der Waals surface area contributed by atoms with Gasteiger partial charge in [-0.05, 0) is 53.1 Å². The van der Waals surface area contributed by atoms with E-state index in [2.05, 4.69) is 13.9 Å². The van der Waals surface area contributed by atoms with E-state index in [1.165, 1.54) is 69.3 Å². The topological polar surface area (TPSA) is 226 Å². The van der Waals surface area contributed by atoms with Crippen LogP contribution in [0.1, 0.15) is 54.2 Å². The molecule has 2 heterocycles. The molecule has 0 aliphatic rings. The summed E-state index contributed by atoms with van der Waals surface area (Å²) in [7, 11) is 5.40. The van der Waals surface area contributed by atoms with E-state index < -0.39 is 58.1 Å². The molecule has 0 radical (unpaired) electrons. The minimum atomic E-state index is -0.920. The standard InChI is InChI=1S/C20H17NO6.C17H16O4.C11H9NO5/c1-21-15-10-13(19(24)26-2)8-9-14(15)17(22)16(18(21)23)20(25)27-11-12-6-4-3-5-7-12;18-16(20-12-14-7-3-1-4-8-14)11-17(19)21-13-15-9-5-2-6-10-15;1-12-8-5-6(9(13)16-2)3-4-7(8)10(14)17-11(12)15/h3-10,22H,11H2,1-2H3;1-10H,11-13H2;3-5H,1-2H3. The first-order chi connectivity index (χ1) is 31.2. The van der Waals surface area contributed by atoms with E-state index in [0.717, 1.165) is 21.3 Å². The third-order valence-corrected chi connectivity index (χ3v) is 9.44. The smallest absolute Gasteiger partial charge is 0.422 e. The van der Waals surface area contributed by atoms with Crippen LogP contribution in [0.25, 0.3) is 21.8 Å². The molecule has 0 spiro atoms. The number of aryl methyl sites for hydroxylation is 2. The van der Waals surface area contributed by atoms with Crippen molar-refractivity contribution in [3.63, 3.8) is 0 Å². The van der Waals surface area contributed by atoms with Crippen LogP contribution in [0.15, 0.2) is 146 Å². The zero-order chi connectivity index (χ0) is 47.0. The summed E-state index contributed by atoms with van der Waals surface area (Å²) < 4.78 is 31.2. The Morgan fingerprint density at radius 2 is 0.954 bits per heavy atom. The Hall–Kier alpha value is -8.60. The first-order valence-corrected chi connectivity index (χ1v) is 19.5. The van der Waals surface area contributed by atoms with Crippen LogP contribution >= 0.6 is 0 Å². The normalized spacial score (nSPS) is 10.3. The maximum atomic E-state index is 12.6. The van der Waals surface area contributed by atoms with Crippen molar-refractivity contribution in [3.05, 3.63) is 192 Å². The lowest BCUT2D eigenvalue weighted by Crippen LogP contribution is -2.26. The largest absolute Gasteiger partial charge is 0.506 e. The van der Waals surface area contributed by atoms with Gasteiger partial charge in [0.2, 0.25) is 0 Å². The number of benzene rings is 5. The molecular formula is C48H42N2O15. The van der Waals surface area contributed by atoms with Gasteiger partial charge in [-0.3, -0.25) is 19.0 Å². The molecule has 334 valence electrons. The molecule has 0 saturated carbocycles. The van der Waals surface area contributed by atoms with E-state index in [9.17, 15) is 43.5 Å². The first kappa shape index (κ1) is 47.4. The Bertz CT molecular complexity index is 2960. The third kappa shape index (κ3) is 12.5. The van der Waals surface area contributed by atoms with Gasteiger partial charge in [0.25, 0.3) is 5.56 Å². The van der Waals surface area contributed by atoms with E-state index >= 15 is 0 Å². The quantitative estimate of drug-likeness (QED) is 0.0958. The highest BCUT2D eigenvalue weighted by Gasteiger charge is 2.23. The van der Waals surface area contributed by atoms with E-state index in [4.69, 9.17) is 14.2 Å². The molecule has 65 heavy (non-hydrogen) atoms. The number of ether oxygens (including phenoxy) is 5. The van der Waals surface area contributed by atoms with Crippen molar-refractivity contribution in [1.29, 1.82) is 0 Å². The minimum Gasteiger partial charge on any atom is -0.506 e. The summed E-state index contributed by atoms with van der Waals surface area (Å²) in [6, 6.07) is 36.2. The van der Waals surface area contributed by atoms with Gasteiger partial charge in [-0.25, -0.2) is 24.0 Å². The number of hydrogen-bond donors (Lipinski definition) is 1. The number of esters is 5. The monoisotopic (exact) mass is 886 g/mol. The number of hydrogen-bond acceptors (Lipinski definition) is 15. The summed E-state index contributed by atoms with van der Waals surface area (Å²) in [6.45, 7) is 0.291. The SMILES string of the molecule is COC(=O)c1ccc2c(=O)oc(=O)n(C)c2c1.COC(=O)c1ccc2c(O)c(C(=O)OCc3ccccc3)c(=O)n(C)c2c1.O=C(CC(=O)OCc1ccccc1)OCc1ccccc1. The molecule has 0 aliphatic heterocycles. The summed E-state index contributed by atoms with van der Waals surface area (Å²) in [6.07, 6.45) is -0.375. The van der Waals surface area contributed by atoms with Crippen LogP contribution in [0.5, 0.6) is 5.75 Å². The van der Waals surface area contributed by atoms with Gasteiger partial charge >= 0.3 is 41.2 Å². The molecule has 5 aromatic carbocycles. The number of aromatic hydroxyl groups is 1. The van der Waals surface area contributed by atoms with E-state index in [1.807, 2.05) is 66.7 Å². The number of nitrogens with zero attached hydrogens (tertiary/aromatic N) is 2. The summed E-state index contributed by atoms with van der Waals surface area (Å²) in [5.41, 5.74) is 1.72. The number of carbonyl (C=O) groups excluding carboxylic acids is 5. The second kappa shape index (κ2) is 22.5. The van der Waals surface area contributed by atoms with Gasteiger partial charge in [-0.15, -0.1) is 0 Å². The summed E-state index contributed by atoms with van der Waals surface area (Å²) in [4.78, 5) is 93.7. The molecule has 7 rings (SSSR count). The Morgan fingerprint density at radius 1 is 0.538 bits per heavy atom. The van der Waals surface area contributed by atoms with Crippen molar-refractivity contribution in [2.45, 2.75) is 26.2 Å². The molecule has 0 atom stereocenters. The fourth-order valence-corrected chi connectivity index (χ4v) is 5.97. The Morgan fingerprint density at radius 3 is 1.40 bits per heavy atom. The van der Waals surface area contributed by atoms with Crippen molar-refractivity contribution in [1.82, 2.24) is 9.13 Å². The zero-order valence-electron chi connectivity index (χ0n) is 35.5. The number of fused-ring (bicyclic) bond motifs is 2. The van der Waals surface area contributed by atoms with Crippen LogP contribution in [0.3, 0.4) is 0 Å². The second-order valence-electron chi connectivity index (χ2n) is 13.8. The molecule has 7 aromatic rings. The van der Waals surface area contributed by atoms with Crippen molar-refractivity contribution in [2.75, 3.05) is 14.2 Å². The molecular weight excluding hydrogens is 845 g/mol. The molecule has 0 unspecified atom stereocenters. The van der Waals surface area contributed by atoms with Crippen LogP contribution in [0.4, 0.5) is 0 Å². The Kier molecular flexibility index (Phi) is 16.4. The van der Waals surface area contributed by atoms with Gasteiger partial charge in [-0.1, -0.05) is 91.0 Å². The predicted molar refractivity (Wildman–Crippen MR) is 234 cm³/mol. The van der Waals surface area contributed by atoms with Gasteiger partial charge in [-0.2, -0.15) is 0 Å². The minimum absolute atomic E-state index is 0.0262. The lowest BCUT2D eigenvalue weighted by Gasteiger charge is -2.12. The maximum absolute atomic E-state index is 12.6. The number of carbonyl (C=O) groups is 5. The lowest BCUT2D eigenvalue weighted by atomic mass is 10.1. The lowest BCUT2D eigenvalue weighted by molar-refractivity contribution is -0.156. The van der Waals surface area contributed by atoms with Gasteiger partial charge in [0.15, 0.2) is 5.56 Å². The maximum Gasteiger partial charge on any atom is 0.422 e. The van der Waals surface area contributed by atoms with E-state index in [1.54, 1.807) is 24.3 Å². The van der Waals surface area contributed by atoms with Gasteiger partial charge in [0.1, 0.15) is 32.0 Å². The molecule has 17 heteroatoms. The van der Waals surface area contributed by atoms with Crippen molar-refractivity contribution >= 4 is 51.7 Å². The summed E-state index contributed by atoms with van der Waals surface area (Å²) in [5.74, 6) is -4.46. The average Bonchev–Trinajstić information content (AvgIpc) is 3.33. The van der Waals surface area contributed by atoms with Gasteiger partial charge in [0, 0.05) is 19.5 Å². The van der Waals surface area contributed by atoms with Crippen molar-refractivity contribution < 1.29 is 57.2 Å². The van der Waals surface area contributed by atoms with Crippen LogP contribution < -0.4 is 16.9 Å². The average molecular weight is 887 g/mol. The van der Waals surface area contributed by atoms with Crippen molar-refractivity contribution in [2.24, 2.45) is 14.1 Å². The number of pyridine rings is 1. The van der Waals surface area contributed by atoms with E-state index in [-0.39, 0.29) is 48.1 Å². The van der Waals surface area contributed by atoms with Crippen LogP contribution in [-0.2, 0) is 67.2 Å². The van der Waals surface area contributed by atoms with Crippen LogP contribution in [0.2, 0.25) is 0 Å². The number of aromatic nitrogens is 2. The van der Waals surface area contributed by atoms with Crippen molar-refractivity contribution in [3.8, 4) is 5.75 Å². The highest BCUT2D eigenvalue weighted by Crippen LogP contribution is 2.28. The van der Waals surface area contributed by atoms with E-state index in [0.29, 0.717) is 11.0 Å². The predicted octanol–water partition coefficient (Wildman–Crippen LogP) is 5.53. The molecule has 0 bridgehead atoms. The molecule has 2 aromatic heterocycles. The first-order valence-electron chi connectivity index (χ1n) is 19.5. The van der Waals surface area contributed by atoms with Crippen LogP contribution in [0, 0.1) is 0 Å². The molecule has 0 saturated heterocycles. The van der Waals surface area contributed by atoms with Gasteiger partial charge < -0.3 is 37.8 Å². The fraction of sp³-hybridized carbons (Fsp3) is 0.167. The molecule has 0 aliphatic carbocycles. The molecule has 17 nitrogen and oxygen atoms in total. The highest BCUT2D eigenvalue weighted by molar-refractivity contribution is 6.02. The fourth-order valence-electron chi connectivity index (χ4n) is 5.97. The summed E-state index contributed by atoms with van der Waals surface area (Å²) >= 11 is 0. The third-order valence-electron chi connectivity index (χ3n) is 9.44. The Labute approximate surface area is 369 Å². The number of methoxy groups -OCH3 is 2. The van der Waals surface area contributed by atoms with Gasteiger partial charge in [0.05, 0.1) is 41.8 Å². The Balaban J connectivity index is 0.000000188. The molecule has 0 amide bonds. The molecule has 1 N–H and O–H groups in total. The zero-order valence-corrected chi connectivity index (χ0v) is 35.5. The number of rotatable bonds is 11. The summed E-state index contributed by atoms with van der Waals surface area (Å²) in [5, 5.41) is 11.0. The second-order valence-corrected chi connectivity index (χ2v) is 13.8. The highest BCUT2D eigenvalue weighted by atomic mass is 16.6. The molecule has 0 fully saturated rings.